The molecule has 0 bridgehead atoms. The normalized spacial score (nSPS) is 15.6. The van der Waals surface area contributed by atoms with Crippen molar-refractivity contribution < 1.29 is 18.7 Å². The molecule has 1 aromatic heterocycles. The SMILES string of the molecule is CCCOc1ccc([C@@H]2Nc3ccccc3C(=O)N2Cc2ccco2)cc1OC. The van der Waals surface area contributed by atoms with Crippen molar-refractivity contribution in [1.29, 1.82) is 0 Å². The summed E-state index contributed by atoms with van der Waals surface area (Å²) in [5.74, 6) is 2.01. The number of para-hydroxylation sites is 1. The van der Waals surface area contributed by atoms with Crippen molar-refractivity contribution in [2.75, 3.05) is 19.0 Å². The van der Waals surface area contributed by atoms with Crippen molar-refractivity contribution in [3.63, 3.8) is 0 Å². The van der Waals surface area contributed by atoms with Gasteiger partial charge in [0.05, 0.1) is 32.1 Å². The second-order valence-corrected chi connectivity index (χ2v) is 6.86. The average molecular weight is 392 g/mol. The maximum Gasteiger partial charge on any atom is 0.258 e. The van der Waals surface area contributed by atoms with Crippen LogP contribution >= 0.6 is 0 Å². The van der Waals surface area contributed by atoms with Gasteiger partial charge in [-0.2, -0.15) is 0 Å². The number of benzene rings is 2. The Morgan fingerprint density at radius 3 is 2.72 bits per heavy atom. The summed E-state index contributed by atoms with van der Waals surface area (Å²) in [5.41, 5.74) is 2.36. The van der Waals surface area contributed by atoms with Gasteiger partial charge in [-0.3, -0.25) is 4.79 Å². The van der Waals surface area contributed by atoms with E-state index in [0.717, 1.165) is 23.4 Å². The Balaban J connectivity index is 1.72. The molecule has 0 fully saturated rings. The van der Waals surface area contributed by atoms with Gasteiger partial charge >= 0.3 is 0 Å². The van der Waals surface area contributed by atoms with E-state index in [1.807, 2.05) is 54.6 Å². The number of hydrogen-bond donors (Lipinski definition) is 1. The molecule has 1 aliphatic heterocycles. The molecule has 6 nitrogen and oxygen atoms in total. The first-order valence-electron chi connectivity index (χ1n) is 9.71. The fourth-order valence-corrected chi connectivity index (χ4v) is 3.47. The number of carbonyl (C=O) groups is 1. The van der Waals surface area contributed by atoms with Gasteiger partial charge in [0.25, 0.3) is 5.91 Å². The molecule has 150 valence electrons. The number of nitrogens with zero attached hydrogens (tertiary/aromatic N) is 1. The highest BCUT2D eigenvalue weighted by atomic mass is 16.5. The van der Waals surface area contributed by atoms with Gasteiger partial charge in [0.2, 0.25) is 0 Å². The molecule has 3 aromatic rings. The maximum absolute atomic E-state index is 13.3. The summed E-state index contributed by atoms with van der Waals surface area (Å²) >= 11 is 0. The predicted octanol–water partition coefficient (Wildman–Crippen LogP) is 4.84. The number of hydrogen-bond acceptors (Lipinski definition) is 5. The number of carbonyl (C=O) groups excluding carboxylic acids is 1. The van der Waals surface area contributed by atoms with Gasteiger partial charge < -0.3 is 24.1 Å². The summed E-state index contributed by atoms with van der Waals surface area (Å²) in [6.45, 7) is 3.03. The molecule has 2 aromatic carbocycles. The fraction of sp³-hybridized carbons (Fsp3) is 0.261. The molecule has 0 saturated heterocycles. The number of furan rings is 1. The van der Waals surface area contributed by atoms with Crippen molar-refractivity contribution in [2.24, 2.45) is 0 Å². The summed E-state index contributed by atoms with van der Waals surface area (Å²) in [4.78, 5) is 15.0. The first-order chi connectivity index (χ1) is 14.2. The van der Waals surface area contributed by atoms with Gasteiger partial charge in [-0.15, -0.1) is 0 Å². The quantitative estimate of drug-likeness (QED) is 0.623. The summed E-state index contributed by atoms with van der Waals surface area (Å²) < 4.78 is 16.8. The maximum atomic E-state index is 13.3. The van der Waals surface area contributed by atoms with E-state index in [1.54, 1.807) is 18.3 Å². The second kappa shape index (κ2) is 8.31. The number of rotatable bonds is 7. The van der Waals surface area contributed by atoms with Crippen LogP contribution in [0.3, 0.4) is 0 Å². The van der Waals surface area contributed by atoms with Gasteiger partial charge in [0, 0.05) is 5.69 Å². The Kier molecular flexibility index (Phi) is 5.42. The van der Waals surface area contributed by atoms with Crippen LogP contribution in [0.25, 0.3) is 0 Å². The van der Waals surface area contributed by atoms with Crippen molar-refractivity contribution in [1.82, 2.24) is 4.90 Å². The summed E-state index contributed by atoms with van der Waals surface area (Å²) in [5, 5.41) is 3.49. The van der Waals surface area contributed by atoms with Crippen molar-refractivity contribution in [2.45, 2.75) is 26.1 Å². The highest BCUT2D eigenvalue weighted by Gasteiger charge is 2.33. The molecule has 2 heterocycles. The van der Waals surface area contributed by atoms with Crippen LogP contribution in [0.5, 0.6) is 11.5 Å². The van der Waals surface area contributed by atoms with Crippen LogP contribution in [0.2, 0.25) is 0 Å². The minimum absolute atomic E-state index is 0.0500. The fourth-order valence-electron chi connectivity index (χ4n) is 3.47. The number of anilines is 1. The van der Waals surface area contributed by atoms with E-state index in [-0.39, 0.29) is 12.1 Å². The molecule has 1 amide bonds. The predicted molar refractivity (Wildman–Crippen MR) is 110 cm³/mol. The molecule has 0 unspecified atom stereocenters. The molecule has 0 spiro atoms. The third kappa shape index (κ3) is 3.78. The Hall–Kier alpha value is -3.41. The third-order valence-corrected chi connectivity index (χ3v) is 4.89. The van der Waals surface area contributed by atoms with Crippen molar-refractivity contribution in [3.05, 3.63) is 77.7 Å². The van der Waals surface area contributed by atoms with E-state index < -0.39 is 0 Å². The zero-order valence-corrected chi connectivity index (χ0v) is 16.6. The number of amides is 1. The van der Waals surface area contributed by atoms with Crippen LogP contribution in [-0.4, -0.2) is 24.5 Å². The van der Waals surface area contributed by atoms with Gasteiger partial charge in [0.1, 0.15) is 11.9 Å². The van der Waals surface area contributed by atoms with E-state index in [2.05, 4.69) is 12.2 Å². The lowest BCUT2D eigenvalue weighted by molar-refractivity contribution is 0.0651. The molecular weight excluding hydrogens is 368 g/mol. The molecule has 1 atom stereocenters. The van der Waals surface area contributed by atoms with E-state index in [0.29, 0.717) is 30.2 Å². The Morgan fingerprint density at radius 1 is 1.10 bits per heavy atom. The van der Waals surface area contributed by atoms with Crippen molar-refractivity contribution >= 4 is 11.6 Å². The smallest absolute Gasteiger partial charge is 0.258 e. The molecule has 1 N–H and O–H groups in total. The average Bonchev–Trinajstić information content (AvgIpc) is 3.27. The highest BCUT2D eigenvalue weighted by Crippen LogP contribution is 2.37. The van der Waals surface area contributed by atoms with Gasteiger partial charge in [-0.25, -0.2) is 0 Å². The molecule has 0 saturated carbocycles. The molecule has 0 radical (unpaired) electrons. The van der Waals surface area contributed by atoms with Crippen molar-refractivity contribution in [3.8, 4) is 11.5 Å². The second-order valence-electron chi connectivity index (χ2n) is 6.86. The molecular formula is C23H24N2O4. The molecule has 0 aliphatic carbocycles. The van der Waals surface area contributed by atoms with Crippen LogP contribution in [0.1, 0.15) is 41.2 Å². The zero-order chi connectivity index (χ0) is 20.2. The zero-order valence-electron chi connectivity index (χ0n) is 16.6. The monoisotopic (exact) mass is 392 g/mol. The van der Waals surface area contributed by atoms with E-state index in [9.17, 15) is 4.79 Å². The summed E-state index contributed by atoms with van der Waals surface area (Å²) in [6, 6.07) is 17.0. The van der Waals surface area contributed by atoms with Gasteiger partial charge in [-0.05, 0) is 48.4 Å². The molecule has 1 aliphatic rings. The number of methoxy groups -OCH3 is 1. The van der Waals surface area contributed by atoms with E-state index in [1.165, 1.54) is 0 Å². The Labute approximate surface area is 170 Å². The lowest BCUT2D eigenvalue weighted by atomic mass is 10.0. The summed E-state index contributed by atoms with van der Waals surface area (Å²) in [6.07, 6.45) is 2.16. The number of nitrogens with one attached hydrogen (secondary N) is 1. The van der Waals surface area contributed by atoms with Gasteiger partial charge in [0.15, 0.2) is 11.5 Å². The highest BCUT2D eigenvalue weighted by molar-refractivity contribution is 6.01. The lowest BCUT2D eigenvalue weighted by Crippen LogP contribution is -2.42. The first-order valence-corrected chi connectivity index (χ1v) is 9.71. The van der Waals surface area contributed by atoms with Crippen LogP contribution in [0.15, 0.2) is 65.3 Å². The topological polar surface area (TPSA) is 63.9 Å². The first kappa shape index (κ1) is 18.9. The standard InChI is InChI=1S/C23H24N2O4/c1-3-12-29-20-11-10-16(14-21(20)27-2)22-24-19-9-5-4-8-18(19)23(26)25(22)15-17-7-6-13-28-17/h4-11,13-14,22,24H,3,12,15H2,1-2H3/t22-/m1/s1. The van der Waals surface area contributed by atoms with E-state index >= 15 is 0 Å². The summed E-state index contributed by atoms with van der Waals surface area (Å²) in [7, 11) is 1.62. The minimum Gasteiger partial charge on any atom is -0.493 e. The molecule has 6 heteroatoms. The molecule has 29 heavy (non-hydrogen) atoms. The Morgan fingerprint density at radius 2 is 1.97 bits per heavy atom. The molecule has 4 rings (SSSR count). The van der Waals surface area contributed by atoms with Crippen LogP contribution in [0, 0.1) is 0 Å². The Bertz CT molecular complexity index is 984. The van der Waals surface area contributed by atoms with Crippen LogP contribution in [-0.2, 0) is 6.54 Å². The van der Waals surface area contributed by atoms with Gasteiger partial charge in [-0.1, -0.05) is 25.1 Å². The van der Waals surface area contributed by atoms with Crippen LogP contribution in [0.4, 0.5) is 5.69 Å². The largest absolute Gasteiger partial charge is 0.493 e. The number of ether oxygens (including phenoxy) is 2. The third-order valence-electron chi connectivity index (χ3n) is 4.89. The number of fused-ring (bicyclic) bond motifs is 1. The van der Waals surface area contributed by atoms with Crippen LogP contribution < -0.4 is 14.8 Å². The minimum atomic E-state index is -0.364. The lowest BCUT2D eigenvalue weighted by Gasteiger charge is -2.37. The van der Waals surface area contributed by atoms with E-state index in [4.69, 9.17) is 13.9 Å².